The first-order valence-corrected chi connectivity index (χ1v) is 7.64. The molecule has 0 aromatic heterocycles. The van der Waals surface area contributed by atoms with Gasteiger partial charge >= 0.3 is 0 Å². The van der Waals surface area contributed by atoms with Crippen molar-refractivity contribution >= 4 is 5.91 Å². The fourth-order valence-corrected chi connectivity index (χ4v) is 2.30. The quantitative estimate of drug-likeness (QED) is 0.788. The molecule has 0 heterocycles. The number of aryl methyl sites for hydroxylation is 1. The molecule has 5 heteroatoms. The Balaban J connectivity index is 2.87. The minimum Gasteiger partial charge on any atom is -0.493 e. The monoisotopic (exact) mass is 309 g/mol. The maximum Gasteiger partial charge on any atom is 0.278 e. The SMILES string of the molecule is COc1cc(C)c(C[NH+](C)[C@H](C)C(=O)NC(C)C)cc1OC. The molecule has 0 spiro atoms. The highest BCUT2D eigenvalue weighted by Crippen LogP contribution is 2.29. The molecule has 2 atom stereocenters. The third-order valence-electron chi connectivity index (χ3n) is 3.87. The van der Waals surface area contributed by atoms with Gasteiger partial charge in [-0.1, -0.05) is 0 Å². The molecule has 1 aromatic rings. The molecule has 0 fully saturated rings. The Morgan fingerprint density at radius 2 is 1.73 bits per heavy atom. The van der Waals surface area contributed by atoms with Crippen LogP contribution < -0.4 is 19.7 Å². The van der Waals surface area contributed by atoms with Gasteiger partial charge in [-0.2, -0.15) is 0 Å². The molecule has 1 amide bonds. The Morgan fingerprint density at radius 3 is 2.23 bits per heavy atom. The van der Waals surface area contributed by atoms with Crippen molar-refractivity contribution in [3.8, 4) is 11.5 Å². The number of carbonyl (C=O) groups is 1. The first-order valence-electron chi connectivity index (χ1n) is 7.64. The number of ether oxygens (including phenoxy) is 2. The number of amides is 1. The standard InChI is InChI=1S/C17H28N2O3/c1-11(2)18-17(20)13(4)19(5)10-14-9-16(22-7)15(21-6)8-12(14)3/h8-9,11,13H,10H2,1-7H3,(H,18,20)/p+1/t13-/m1/s1. The molecule has 2 N–H and O–H groups in total. The van der Waals surface area contributed by atoms with E-state index in [0.717, 1.165) is 34.1 Å². The Morgan fingerprint density at radius 1 is 1.18 bits per heavy atom. The predicted molar refractivity (Wildman–Crippen MR) is 87.6 cm³/mol. The second-order valence-electron chi connectivity index (χ2n) is 6.04. The second kappa shape index (κ2) is 8.03. The van der Waals surface area contributed by atoms with Crippen LogP contribution in [0.4, 0.5) is 0 Å². The van der Waals surface area contributed by atoms with Crippen LogP contribution in [0, 0.1) is 6.92 Å². The first kappa shape index (κ1) is 18.3. The molecule has 1 rings (SSSR count). The number of methoxy groups -OCH3 is 2. The highest BCUT2D eigenvalue weighted by atomic mass is 16.5. The summed E-state index contributed by atoms with van der Waals surface area (Å²) < 4.78 is 10.7. The second-order valence-corrected chi connectivity index (χ2v) is 6.04. The highest BCUT2D eigenvalue weighted by molar-refractivity contribution is 5.80. The number of benzene rings is 1. The van der Waals surface area contributed by atoms with Gasteiger partial charge < -0.3 is 19.7 Å². The molecule has 0 saturated carbocycles. The van der Waals surface area contributed by atoms with E-state index in [1.165, 1.54) is 0 Å². The number of nitrogens with one attached hydrogen (secondary N) is 2. The smallest absolute Gasteiger partial charge is 0.278 e. The van der Waals surface area contributed by atoms with E-state index >= 15 is 0 Å². The lowest BCUT2D eigenvalue weighted by Gasteiger charge is -2.23. The lowest BCUT2D eigenvalue weighted by atomic mass is 10.1. The van der Waals surface area contributed by atoms with Crippen LogP contribution in [-0.2, 0) is 11.3 Å². The van der Waals surface area contributed by atoms with Crippen LogP contribution in [0.15, 0.2) is 12.1 Å². The molecule has 5 nitrogen and oxygen atoms in total. The number of hydrogen-bond donors (Lipinski definition) is 2. The fraction of sp³-hybridized carbons (Fsp3) is 0.588. The summed E-state index contributed by atoms with van der Waals surface area (Å²) in [6.45, 7) is 8.68. The Kier molecular flexibility index (Phi) is 6.68. The minimum atomic E-state index is -0.116. The van der Waals surface area contributed by atoms with Gasteiger partial charge in [0.2, 0.25) is 0 Å². The molecular weight excluding hydrogens is 280 g/mol. The van der Waals surface area contributed by atoms with Crippen molar-refractivity contribution in [1.29, 1.82) is 0 Å². The largest absolute Gasteiger partial charge is 0.493 e. The van der Waals surface area contributed by atoms with Gasteiger partial charge in [0.05, 0.1) is 21.3 Å². The predicted octanol–water partition coefficient (Wildman–Crippen LogP) is 0.940. The van der Waals surface area contributed by atoms with Crippen LogP contribution in [0.2, 0.25) is 0 Å². The summed E-state index contributed by atoms with van der Waals surface area (Å²) in [6.07, 6.45) is 0. The molecule has 0 radical (unpaired) electrons. The van der Waals surface area contributed by atoms with Crippen LogP contribution in [0.5, 0.6) is 11.5 Å². The maximum absolute atomic E-state index is 12.1. The molecule has 22 heavy (non-hydrogen) atoms. The highest BCUT2D eigenvalue weighted by Gasteiger charge is 2.23. The van der Waals surface area contributed by atoms with Crippen molar-refractivity contribution in [3.05, 3.63) is 23.3 Å². The summed E-state index contributed by atoms with van der Waals surface area (Å²) in [5.74, 6) is 1.52. The Bertz CT molecular complexity index is 515. The Hall–Kier alpha value is -1.75. The zero-order valence-electron chi connectivity index (χ0n) is 14.7. The molecule has 0 aliphatic heterocycles. The van der Waals surface area contributed by atoms with E-state index in [4.69, 9.17) is 9.47 Å². The van der Waals surface area contributed by atoms with Crippen molar-refractivity contribution in [1.82, 2.24) is 5.32 Å². The van der Waals surface area contributed by atoms with Gasteiger partial charge in [-0.25, -0.2) is 0 Å². The van der Waals surface area contributed by atoms with Gasteiger partial charge in [0.15, 0.2) is 17.5 Å². The molecule has 0 saturated heterocycles. The lowest BCUT2D eigenvalue weighted by Crippen LogP contribution is -3.12. The summed E-state index contributed by atoms with van der Waals surface area (Å²) in [6, 6.07) is 4.01. The van der Waals surface area contributed by atoms with Crippen LogP contribution in [0.1, 0.15) is 31.9 Å². The number of quaternary nitrogens is 1. The molecule has 1 unspecified atom stereocenters. The van der Waals surface area contributed by atoms with E-state index in [1.807, 2.05) is 46.9 Å². The number of likely N-dealkylation sites (N-methyl/N-ethyl adjacent to an activating group) is 1. The van der Waals surface area contributed by atoms with Gasteiger partial charge in [0.1, 0.15) is 6.54 Å². The number of rotatable bonds is 7. The summed E-state index contributed by atoms with van der Waals surface area (Å²) in [7, 11) is 5.29. The summed E-state index contributed by atoms with van der Waals surface area (Å²) >= 11 is 0. The number of carbonyl (C=O) groups excluding carboxylic acids is 1. The van der Waals surface area contributed by atoms with E-state index in [2.05, 4.69) is 5.32 Å². The third-order valence-corrected chi connectivity index (χ3v) is 3.87. The van der Waals surface area contributed by atoms with Crippen molar-refractivity contribution in [2.75, 3.05) is 21.3 Å². The van der Waals surface area contributed by atoms with Crippen LogP contribution in [0.3, 0.4) is 0 Å². The molecule has 0 bridgehead atoms. The number of hydrogen-bond acceptors (Lipinski definition) is 3. The summed E-state index contributed by atoms with van der Waals surface area (Å²) in [4.78, 5) is 13.2. The van der Waals surface area contributed by atoms with E-state index in [-0.39, 0.29) is 18.0 Å². The normalized spacial score (nSPS) is 13.6. The van der Waals surface area contributed by atoms with Gasteiger partial charge in [0.25, 0.3) is 5.91 Å². The van der Waals surface area contributed by atoms with E-state index in [1.54, 1.807) is 14.2 Å². The molecular formula is C17H29N2O3+. The van der Waals surface area contributed by atoms with Gasteiger partial charge in [-0.05, 0) is 45.4 Å². The van der Waals surface area contributed by atoms with Gasteiger partial charge in [0, 0.05) is 11.6 Å². The van der Waals surface area contributed by atoms with Gasteiger partial charge in [-0.15, -0.1) is 0 Å². The van der Waals surface area contributed by atoms with E-state index < -0.39 is 0 Å². The molecule has 124 valence electrons. The summed E-state index contributed by atoms with van der Waals surface area (Å²) in [5, 5.41) is 2.96. The average Bonchev–Trinajstić information content (AvgIpc) is 2.47. The molecule has 1 aromatic carbocycles. The zero-order chi connectivity index (χ0) is 16.9. The van der Waals surface area contributed by atoms with Crippen molar-refractivity contribution in [2.24, 2.45) is 0 Å². The van der Waals surface area contributed by atoms with Crippen LogP contribution in [0.25, 0.3) is 0 Å². The van der Waals surface area contributed by atoms with E-state index in [0.29, 0.717) is 0 Å². The first-order chi connectivity index (χ1) is 10.3. The van der Waals surface area contributed by atoms with Crippen molar-refractivity contribution in [3.63, 3.8) is 0 Å². The molecule has 0 aliphatic carbocycles. The van der Waals surface area contributed by atoms with Crippen LogP contribution >= 0.6 is 0 Å². The molecule has 0 aliphatic rings. The zero-order valence-corrected chi connectivity index (χ0v) is 14.7. The third kappa shape index (κ3) is 4.63. The topological polar surface area (TPSA) is 52.0 Å². The maximum atomic E-state index is 12.1. The average molecular weight is 309 g/mol. The Labute approximate surface area is 133 Å². The minimum absolute atomic E-state index is 0.0747. The van der Waals surface area contributed by atoms with Gasteiger partial charge in [-0.3, -0.25) is 4.79 Å². The lowest BCUT2D eigenvalue weighted by molar-refractivity contribution is -0.908. The summed E-state index contributed by atoms with van der Waals surface area (Å²) in [5.41, 5.74) is 2.29. The van der Waals surface area contributed by atoms with E-state index in [9.17, 15) is 4.79 Å². The van der Waals surface area contributed by atoms with Crippen LogP contribution in [-0.4, -0.2) is 39.3 Å². The van der Waals surface area contributed by atoms with Crippen molar-refractivity contribution in [2.45, 2.75) is 46.3 Å². The van der Waals surface area contributed by atoms with Crippen molar-refractivity contribution < 1.29 is 19.2 Å². The fourth-order valence-electron chi connectivity index (χ4n) is 2.30.